The molecule has 4 aromatic carbocycles. The van der Waals surface area contributed by atoms with Crippen molar-refractivity contribution in [2.75, 3.05) is 26.1 Å². The molecule has 0 spiro atoms. The Balaban J connectivity index is 1.47. The van der Waals surface area contributed by atoms with E-state index in [0.29, 0.717) is 60.3 Å². The fourth-order valence-corrected chi connectivity index (χ4v) is 5.78. The van der Waals surface area contributed by atoms with Crippen molar-refractivity contribution in [2.24, 2.45) is 20.5 Å². The third-order valence-electron chi connectivity index (χ3n) is 7.78. The number of anilines is 1. The Kier molecular flexibility index (Phi) is 11.5. The predicted octanol–water partition coefficient (Wildman–Crippen LogP) is 10.4. The molecule has 0 heterocycles. The SMILES string of the molecule is COc1cc(N=Nc2c(C)cc3cc(S)cc(NC(=O)COC4=CCCC=C4)c3c2O)c(OC)cc1N=N/C(=C(/C)O)c1cc(S)ccc1C. The average molecular weight is 712 g/mol. The maximum Gasteiger partial charge on any atom is 0.262 e. The summed E-state index contributed by atoms with van der Waals surface area (Å²) < 4.78 is 16.8. The van der Waals surface area contributed by atoms with Crippen LogP contribution in [0.25, 0.3) is 16.5 Å². The number of aliphatic hydroxyl groups excluding tert-OH is 1. The number of hydrogen-bond donors (Lipinski definition) is 5. The number of benzene rings is 4. The molecule has 4 aromatic rings. The Hall–Kier alpha value is -5.27. The molecule has 3 N–H and O–H groups in total. The first-order valence-corrected chi connectivity index (χ1v) is 16.5. The standard InChI is InChI=1S/C37H37N5O6S2/c1-20-11-12-25(49)15-27(20)36(22(3)43)42-40-29-18-31(46-4)28(17-32(29)47-5)39-41-35-21(2)13-23-14-26(50)16-30(34(23)37(35)45)38-33(44)19-48-24-9-7-6-8-10-24/h7,9-18,43,45,49-50H,6,8,19H2,1-5H3,(H,38,44)/b36-22-,41-39?,42-40?. The van der Waals surface area contributed by atoms with Gasteiger partial charge in [-0.25, -0.2) is 0 Å². The topological polar surface area (TPSA) is 147 Å². The third-order valence-corrected chi connectivity index (χ3v) is 8.32. The second-order valence-electron chi connectivity index (χ2n) is 11.4. The minimum atomic E-state index is -0.399. The van der Waals surface area contributed by atoms with Gasteiger partial charge < -0.3 is 29.7 Å². The van der Waals surface area contributed by atoms with E-state index in [2.05, 4.69) is 51.0 Å². The lowest BCUT2D eigenvalue weighted by Gasteiger charge is -2.15. The summed E-state index contributed by atoms with van der Waals surface area (Å²) in [5.41, 5.74) is 3.61. The highest BCUT2D eigenvalue weighted by atomic mass is 32.1. The number of carbonyl (C=O) groups is 1. The first-order chi connectivity index (χ1) is 24.0. The Bertz CT molecular complexity index is 2120. The van der Waals surface area contributed by atoms with Gasteiger partial charge in [-0.1, -0.05) is 12.1 Å². The molecular formula is C37H37N5O6S2. The maximum atomic E-state index is 12.9. The van der Waals surface area contributed by atoms with Crippen LogP contribution in [-0.4, -0.2) is 36.9 Å². The van der Waals surface area contributed by atoms with Crippen molar-refractivity contribution >= 4 is 70.4 Å². The number of nitrogens with zero attached hydrogens (tertiary/aromatic N) is 4. The van der Waals surface area contributed by atoms with Gasteiger partial charge in [-0.3, -0.25) is 4.79 Å². The molecule has 0 aromatic heterocycles. The monoisotopic (exact) mass is 711 g/mol. The first kappa shape index (κ1) is 36.0. The highest BCUT2D eigenvalue weighted by Crippen LogP contribution is 2.45. The number of allylic oxidation sites excluding steroid dienone is 4. The van der Waals surface area contributed by atoms with Crippen molar-refractivity contribution in [1.82, 2.24) is 0 Å². The summed E-state index contributed by atoms with van der Waals surface area (Å²) in [6.45, 7) is 5.01. The van der Waals surface area contributed by atoms with Gasteiger partial charge in [-0.05, 0) is 92.6 Å². The summed E-state index contributed by atoms with van der Waals surface area (Å²) in [4.78, 5) is 14.2. The number of carbonyl (C=O) groups excluding carboxylic acids is 1. The summed E-state index contributed by atoms with van der Waals surface area (Å²) >= 11 is 8.92. The Morgan fingerprint density at radius 3 is 2.28 bits per heavy atom. The number of hydrogen-bond acceptors (Lipinski definition) is 12. The van der Waals surface area contributed by atoms with Crippen molar-refractivity contribution in [3.63, 3.8) is 0 Å². The van der Waals surface area contributed by atoms with E-state index in [1.807, 2.05) is 43.4 Å². The number of fused-ring (bicyclic) bond motifs is 1. The van der Waals surface area contributed by atoms with E-state index < -0.39 is 5.91 Å². The Morgan fingerprint density at radius 2 is 1.62 bits per heavy atom. The van der Waals surface area contributed by atoms with Crippen LogP contribution in [-0.2, 0) is 9.53 Å². The molecule has 13 heteroatoms. The molecule has 0 saturated heterocycles. The van der Waals surface area contributed by atoms with E-state index in [-0.39, 0.29) is 35.2 Å². The molecular weight excluding hydrogens is 675 g/mol. The van der Waals surface area contributed by atoms with Crippen LogP contribution in [0.3, 0.4) is 0 Å². The van der Waals surface area contributed by atoms with Crippen molar-refractivity contribution < 1.29 is 29.2 Å². The van der Waals surface area contributed by atoms with Crippen LogP contribution in [0.1, 0.15) is 36.5 Å². The third kappa shape index (κ3) is 8.29. The molecule has 1 aliphatic rings. The quantitative estimate of drug-likeness (QED) is 0.0594. The number of thiol groups is 2. The highest BCUT2D eigenvalue weighted by molar-refractivity contribution is 7.80. The molecule has 1 aliphatic carbocycles. The molecule has 0 unspecified atom stereocenters. The minimum absolute atomic E-state index is 0.0196. The van der Waals surface area contributed by atoms with Crippen LogP contribution >= 0.6 is 25.3 Å². The van der Waals surface area contributed by atoms with Crippen molar-refractivity contribution in [3.8, 4) is 17.2 Å². The molecule has 5 rings (SSSR count). The van der Waals surface area contributed by atoms with Gasteiger partial charge >= 0.3 is 0 Å². The van der Waals surface area contributed by atoms with Crippen LogP contribution in [0.4, 0.5) is 22.7 Å². The average Bonchev–Trinajstić information content (AvgIpc) is 3.08. The Labute approximate surface area is 300 Å². The number of rotatable bonds is 11. The van der Waals surface area contributed by atoms with Gasteiger partial charge in [0.15, 0.2) is 12.4 Å². The van der Waals surface area contributed by atoms with Gasteiger partial charge in [0, 0.05) is 32.9 Å². The van der Waals surface area contributed by atoms with Gasteiger partial charge in [0.05, 0.1) is 19.9 Å². The molecule has 1 amide bonds. The number of amides is 1. The normalized spacial score (nSPS) is 13.5. The summed E-state index contributed by atoms with van der Waals surface area (Å²) in [6, 6.07) is 14.0. The second-order valence-corrected chi connectivity index (χ2v) is 12.5. The van der Waals surface area contributed by atoms with E-state index >= 15 is 0 Å². The largest absolute Gasteiger partial charge is 0.510 e. The number of aryl methyl sites for hydroxylation is 2. The number of phenolic OH excluding ortho intramolecular Hbond substituents is 1. The van der Waals surface area contributed by atoms with Gasteiger partial charge in [0.1, 0.15) is 45.8 Å². The van der Waals surface area contributed by atoms with Gasteiger partial charge in [-0.2, -0.15) is 0 Å². The van der Waals surface area contributed by atoms with Crippen LogP contribution in [0, 0.1) is 13.8 Å². The molecule has 50 heavy (non-hydrogen) atoms. The fourth-order valence-electron chi connectivity index (χ4n) is 5.31. The molecule has 0 radical (unpaired) electrons. The molecule has 0 fully saturated rings. The Morgan fingerprint density at radius 1 is 0.900 bits per heavy atom. The van der Waals surface area contributed by atoms with E-state index in [0.717, 1.165) is 18.4 Å². The number of azo groups is 2. The molecule has 258 valence electrons. The first-order valence-electron chi connectivity index (χ1n) is 15.6. The van der Waals surface area contributed by atoms with Crippen molar-refractivity contribution in [2.45, 2.75) is 43.4 Å². The van der Waals surface area contributed by atoms with E-state index in [4.69, 9.17) is 14.2 Å². The molecule has 0 saturated carbocycles. The summed E-state index contributed by atoms with van der Waals surface area (Å²) in [6.07, 6.45) is 7.55. The lowest BCUT2D eigenvalue weighted by atomic mass is 10.0. The van der Waals surface area contributed by atoms with Crippen molar-refractivity contribution in [1.29, 1.82) is 0 Å². The zero-order valence-corrected chi connectivity index (χ0v) is 30.0. The van der Waals surface area contributed by atoms with Gasteiger partial charge in [-0.15, -0.1) is 45.7 Å². The van der Waals surface area contributed by atoms with E-state index in [1.165, 1.54) is 21.1 Å². The van der Waals surface area contributed by atoms with Crippen LogP contribution in [0.2, 0.25) is 0 Å². The molecule has 0 atom stereocenters. The number of methoxy groups -OCH3 is 2. The minimum Gasteiger partial charge on any atom is -0.510 e. The maximum absolute atomic E-state index is 12.9. The summed E-state index contributed by atoms with van der Waals surface area (Å²) in [5, 5.41) is 43.3. The number of phenols is 1. The highest BCUT2D eigenvalue weighted by Gasteiger charge is 2.18. The van der Waals surface area contributed by atoms with Gasteiger partial charge in [0.2, 0.25) is 0 Å². The van der Waals surface area contributed by atoms with Crippen molar-refractivity contribution in [3.05, 3.63) is 95.0 Å². The predicted molar refractivity (Wildman–Crippen MR) is 201 cm³/mol. The fraction of sp³-hybridized carbons (Fsp3) is 0.216. The number of nitrogens with one attached hydrogen (secondary N) is 1. The number of aromatic hydroxyl groups is 1. The lowest BCUT2D eigenvalue weighted by molar-refractivity contribution is -0.119. The zero-order chi connectivity index (χ0) is 35.9. The number of aliphatic hydroxyl groups is 1. The number of ether oxygens (including phenoxy) is 3. The van der Waals surface area contributed by atoms with E-state index in [1.54, 1.807) is 37.3 Å². The zero-order valence-electron chi connectivity index (χ0n) is 28.2. The summed E-state index contributed by atoms with van der Waals surface area (Å²) in [7, 11) is 2.95. The smallest absolute Gasteiger partial charge is 0.262 e. The van der Waals surface area contributed by atoms with Crippen LogP contribution in [0.5, 0.6) is 17.2 Å². The van der Waals surface area contributed by atoms with E-state index in [9.17, 15) is 15.0 Å². The molecule has 11 nitrogen and oxygen atoms in total. The summed E-state index contributed by atoms with van der Waals surface area (Å²) in [5.74, 6) is 0.655. The molecule has 0 aliphatic heterocycles. The van der Waals surface area contributed by atoms with Crippen LogP contribution < -0.4 is 14.8 Å². The van der Waals surface area contributed by atoms with Crippen LogP contribution in [0.15, 0.2) is 109 Å². The van der Waals surface area contributed by atoms with Gasteiger partial charge in [0.25, 0.3) is 5.91 Å². The lowest BCUT2D eigenvalue weighted by Crippen LogP contribution is -2.18. The second kappa shape index (κ2) is 16.0. The molecule has 0 bridgehead atoms.